The van der Waals surface area contributed by atoms with Crippen molar-refractivity contribution in [3.05, 3.63) is 24.3 Å². The van der Waals surface area contributed by atoms with Gasteiger partial charge >= 0.3 is 0 Å². The van der Waals surface area contributed by atoms with Crippen molar-refractivity contribution in [2.45, 2.75) is 33.0 Å². The number of amides is 1. The first kappa shape index (κ1) is 15.8. The number of rotatable bonds is 8. The SMILES string of the molecule is CCOC(COc1cccc(N2CCCC2=O)c1)OCC. The molecule has 5 heteroatoms. The molecule has 0 N–H and O–H groups in total. The standard InChI is InChI=1S/C16H23NO4/c1-3-19-16(20-4-2)12-21-14-8-5-7-13(11-14)17-10-6-9-15(17)18/h5,7-8,11,16H,3-4,6,9-10,12H2,1-2H3. The highest BCUT2D eigenvalue weighted by molar-refractivity contribution is 5.95. The minimum absolute atomic E-state index is 0.175. The van der Waals surface area contributed by atoms with Crippen molar-refractivity contribution < 1.29 is 19.0 Å². The predicted octanol–water partition coefficient (Wildman–Crippen LogP) is 2.59. The van der Waals surface area contributed by atoms with E-state index in [0.29, 0.717) is 26.2 Å². The molecule has 1 fully saturated rings. The normalized spacial score (nSPS) is 15.0. The average molecular weight is 293 g/mol. The monoisotopic (exact) mass is 293 g/mol. The van der Waals surface area contributed by atoms with Crippen molar-refractivity contribution in [3.8, 4) is 5.75 Å². The zero-order chi connectivity index (χ0) is 15.1. The third-order valence-corrected chi connectivity index (χ3v) is 3.29. The molecule has 0 spiro atoms. The zero-order valence-electron chi connectivity index (χ0n) is 12.7. The fraction of sp³-hybridized carbons (Fsp3) is 0.562. The Labute approximate surface area is 125 Å². The van der Waals surface area contributed by atoms with Crippen LogP contribution in [0.5, 0.6) is 5.75 Å². The van der Waals surface area contributed by atoms with Gasteiger partial charge in [0.2, 0.25) is 5.91 Å². The van der Waals surface area contributed by atoms with Gasteiger partial charge in [-0.15, -0.1) is 0 Å². The largest absolute Gasteiger partial charge is 0.488 e. The molecule has 1 aromatic rings. The number of hydrogen-bond acceptors (Lipinski definition) is 4. The van der Waals surface area contributed by atoms with Gasteiger partial charge in [0.25, 0.3) is 0 Å². The molecular weight excluding hydrogens is 270 g/mol. The van der Waals surface area contributed by atoms with Crippen LogP contribution in [0.3, 0.4) is 0 Å². The molecule has 21 heavy (non-hydrogen) atoms. The van der Waals surface area contributed by atoms with Crippen molar-refractivity contribution in [1.82, 2.24) is 0 Å². The summed E-state index contributed by atoms with van der Waals surface area (Å²) in [7, 11) is 0. The van der Waals surface area contributed by atoms with Gasteiger partial charge in [-0.1, -0.05) is 6.07 Å². The third kappa shape index (κ3) is 4.44. The van der Waals surface area contributed by atoms with E-state index < -0.39 is 0 Å². The lowest BCUT2D eigenvalue weighted by atomic mass is 10.3. The van der Waals surface area contributed by atoms with Gasteiger partial charge in [-0.2, -0.15) is 0 Å². The summed E-state index contributed by atoms with van der Waals surface area (Å²) in [6.45, 7) is 6.12. The second-order valence-electron chi connectivity index (χ2n) is 4.80. The molecule has 1 heterocycles. The lowest BCUT2D eigenvalue weighted by Crippen LogP contribution is -2.25. The molecule has 0 aliphatic carbocycles. The van der Waals surface area contributed by atoms with Crippen molar-refractivity contribution in [3.63, 3.8) is 0 Å². The maximum absolute atomic E-state index is 11.8. The number of carbonyl (C=O) groups excluding carboxylic acids is 1. The molecule has 1 aromatic carbocycles. The number of carbonyl (C=O) groups is 1. The van der Waals surface area contributed by atoms with Crippen LogP contribution < -0.4 is 9.64 Å². The molecule has 116 valence electrons. The summed E-state index contributed by atoms with van der Waals surface area (Å²) in [4.78, 5) is 13.6. The second-order valence-corrected chi connectivity index (χ2v) is 4.80. The number of hydrogen-bond donors (Lipinski definition) is 0. The van der Waals surface area contributed by atoms with Gasteiger partial charge in [0.05, 0.1) is 0 Å². The highest BCUT2D eigenvalue weighted by Crippen LogP contribution is 2.25. The highest BCUT2D eigenvalue weighted by Gasteiger charge is 2.21. The third-order valence-electron chi connectivity index (χ3n) is 3.29. The van der Waals surface area contributed by atoms with E-state index in [4.69, 9.17) is 14.2 Å². The number of anilines is 1. The maximum atomic E-state index is 11.8. The first-order valence-electron chi connectivity index (χ1n) is 7.51. The summed E-state index contributed by atoms with van der Waals surface area (Å²) >= 11 is 0. The van der Waals surface area contributed by atoms with E-state index in [0.717, 1.165) is 24.4 Å². The van der Waals surface area contributed by atoms with E-state index in [2.05, 4.69) is 0 Å². The molecule has 0 saturated carbocycles. The summed E-state index contributed by atoms with van der Waals surface area (Å²) in [6, 6.07) is 7.59. The van der Waals surface area contributed by atoms with Gasteiger partial charge in [-0.05, 0) is 32.4 Å². The molecule has 1 amide bonds. The van der Waals surface area contributed by atoms with Crippen molar-refractivity contribution in [2.75, 3.05) is 31.3 Å². The first-order chi connectivity index (χ1) is 10.2. The Balaban J connectivity index is 1.95. The van der Waals surface area contributed by atoms with E-state index in [1.54, 1.807) is 4.90 Å². The molecule has 0 radical (unpaired) electrons. The van der Waals surface area contributed by atoms with Gasteiger partial charge < -0.3 is 19.1 Å². The molecule has 0 bridgehead atoms. The Hall–Kier alpha value is -1.59. The number of nitrogens with zero attached hydrogens (tertiary/aromatic N) is 1. The molecule has 1 aliphatic rings. The van der Waals surface area contributed by atoms with Crippen LogP contribution in [-0.4, -0.2) is 38.6 Å². The lowest BCUT2D eigenvalue weighted by molar-refractivity contribution is -0.152. The van der Waals surface area contributed by atoms with E-state index in [1.165, 1.54) is 0 Å². The van der Waals surface area contributed by atoms with E-state index in [1.807, 2.05) is 38.1 Å². The smallest absolute Gasteiger partial charge is 0.227 e. The van der Waals surface area contributed by atoms with Crippen LogP contribution in [0.4, 0.5) is 5.69 Å². The minimum atomic E-state index is -0.364. The maximum Gasteiger partial charge on any atom is 0.227 e. The van der Waals surface area contributed by atoms with Crippen molar-refractivity contribution in [2.24, 2.45) is 0 Å². The van der Waals surface area contributed by atoms with Crippen LogP contribution in [0.15, 0.2) is 24.3 Å². The van der Waals surface area contributed by atoms with Gasteiger partial charge in [0.1, 0.15) is 12.4 Å². The van der Waals surface area contributed by atoms with E-state index >= 15 is 0 Å². The predicted molar refractivity (Wildman–Crippen MR) is 80.6 cm³/mol. The second kappa shape index (κ2) is 8.00. The van der Waals surface area contributed by atoms with E-state index in [-0.39, 0.29) is 12.2 Å². The molecule has 1 saturated heterocycles. The van der Waals surface area contributed by atoms with Crippen molar-refractivity contribution in [1.29, 1.82) is 0 Å². The lowest BCUT2D eigenvalue weighted by Gasteiger charge is -2.19. The highest BCUT2D eigenvalue weighted by atomic mass is 16.7. The first-order valence-corrected chi connectivity index (χ1v) is 7.51. The molecule has 0 aromatic heterocycles. The fourth-order valence-corrected chi connectivity index (χ4v) is 2.34. The Bertz CT molecular complexity index is 457. The van der Waals surface area contributed by atoms with Crippen LogP contribution >= 0.6 is 0 Å². The summed E-state index contributed by atoms with van der Waals surface area (Å²) in [5, 5.41) is 0. The summed E-state index contributed by atoms with van der Waals surface area (Å²) in [6.07, 6.45) is 1.18. The van der Waals surface area contributed by atoms with Crippen LogP contribution in [0.1, 0.15) is 26.7 Å². The van der Waals surface area contributed by atoms with Crippen molar-refractivity contribution >= 4 is 11.6 Å². The summed E-state index contributed by atoms with van der Waals surface area (Å²) in [5.74, 6) is 0.894. The van der Waals surface area contributed by atoms with E-state index in [9.17, 15) is 4.79 Å². The van der Waals surface area contributed by atoms with Crippen LogP contribution in [0.25, 0.3) is 0 Å². The van der Waals surface area contributed by atoms with Gasteiger partial charge in [-0.3, -0.25) is 4.79 Å². The Morgan fingerprint density at radius 3 is 2.62 bits per heavy atom. The molecule has 1 aliphatic heterocycles. The van der Waals surface area contributed by atoms with Gasteiger partial charge in [-0.25, -0.2) is 0 Å². The molecule has 5 nitrogen and oxygen atoms in total. The van der Waals surface area contributed by atoms with Gasteiger partial charge in [0.15, 0.2) is 6.29 Å². The zero-order valence-corrected chi connectivity index (χ0v) is 12.7. The number of benzene rings is 1. The quantitative estimate of drug-likeness (QED) is 0.691. The minimum Gasteiger partial charge on any atom is -0.488 e. The Morgan fingerprint density at radius 1 is 1.24 bits per heavy atom. The van der Waals surface area contributed by atoms with Gasteiger partial charge in [0, 0.05) is 37.9 Å². The topological polar surface area (TPSA) is 48.0 Å². The molecule has 0 atom stereocenters. The molecular formula is C16H23NO4. The average Bonchev–Trinajstić information content (AvgIpc) is 2.92. The summed E-state index contributed by atoms with van der Waals surface area (Å²) < 4.78 is 16.6. The Kier molecular flexibility index (Phi) is 6.02. The fourth-order valence-electron chi connectivity index (χ4n) is 2.34. The Morgan fingerprint density at radius 2 is 2.00 bits per heavy atom. The number of ether oxygens (including phenoxy) is 3. The molecule has 0 unspecified atom stereocenters. The molecule has 2 rings (SSSR count). The van der Waals surface area contributed by atoms with Crippen LogP contribution in [-0.2, 0) is 14.3 Å². The van der Waals surface area contributed by atoms with Crippen LogP contribution in [0, 0.1) is 0 Å². The van der Waals surface area contributed by atoms with Crippen LogP contribution in [0.2, 0.25) is 0 Å². The summed E-state index contributed by atoms with van der Waals surface area (Å²) in [5.41, 5.74) is 0.888.